The zero-order valence-corrected chi connectivity index (χ0v) is 8.63. The van der Waals surface area contributed by atoms with Crippen LogP contribution in [0.3, 0.4) is 0 Å². The third kappa shape index (κ3) is 1.96. The van der Waals surface area contributed by atoms with Crippen molar-refractivity contribution in [3.63, 3.8) is 0 Å². The van der Waals surface area contributed by atoms with Crippen LogP contribution in [0.1, 0.15) is 0 Å². The predicted octanol–water partition coefficient (Wildman–Crippen LogP) is 2.10. The van der Waals surface area contributed by atoms with E-state index in [2.05, 4.69) is 15.0 Å². The number of nitro groups is 1. The molecule has 6 nitrogen and oxygen atoms in total. The first-order valence-electron chi connectivity index (χ1n) is 4.26. The molecule has 0 amide bonds. The van der Waals surface area contributed by atoms with Crippen LogP contribution in [0.15, 0.2) is 30.7 Å². The van der Waals surface area contributed by atoms with Crippen LogP contribution in [-0.2, 0) is 0 Å². The van der Waals surface area contributed by atoms with Crippen LogP contribution in [0.2, 0.25) is 5.15 Å². The highest BCUT2D eigenvalue weighted by Gasteiger charge is 2.18. The molecule has 2 aromatic rings. The van der Waals surface area contributed by atoms with Gasteiger partial charge in [-0.3, -0.25) is 20.1 Å². The molecule has 2 heterocycles. The Morgan fingerprint density at radius 3 is 2.75 bits per heavy atom. The van der Waals surface area contributed by atoms with Crippen LogP contribution in [0.25, 0.3) is 11.4 Å². The number of aromatic nitrogens is 3. The van der Waals surface area contributed by atoms with E-state index in [1.54, 1.807) is 0 Å². The van der Waals surface area contributed by atoms with E-state index < -0.39 is 4.92 Å². The van der Waals surface area contributed by atoms with Crippen LogP contribution >= 0.6 is 11.6 Å². The number of hydrogen-bond donors (Lipinski definition) is 0. The van der Waals surface area contributed by atoms with E-state index in [1.165, 1.54) is 30.7 Å². The second kappa shape index (κ2) is 4.19. The molecule has 0 radical (unpaired) electrons. The van der Waals surface area contributed by atoms with Crippen molar-refractivity contribution in [2.45, 2.75) is 0 Å². The molecule has 0 spiro atoms. The molecule has 0 N–H and O–H groups in total. The van der Waals surface area contributed by atoms with Crippen LogP contribution < -0.4 is 0 Å². The van der Waals surface area contributed by atoms with Crippen molar-refractivity contribution in [3.8, 4) is 11.4 Å². The topological polar surface area (TPSA) is 81.8 Å². The number of halogens is 1. The number of nitrogens with zero attached hydrogens (tertiary/aromatic N) is 4. The van der Waals surface area contributed by atoms with E-state index in [-0.39, 0.29) is 16.5 Å². The summed E-state index contributed by atoms with van der Waals surface area (Å²) < 4.78 is 0. The fraction of sp³-hybridized carbons (Fsp3) is 0. The van der Waals surface area contributed by atoms with Gasteiger partial charge in [-0.15, -0.1) is 0 Å². The van der Waals surface area contributed by atoms with Gasteiger partial charge in [0, 0.05) is 18.5 Å². The lowest BCUT2D eigenvalue weighted by Crippen LogP contribution is -1.96. The van der Waals surface area contributed by atoms with Gasteiger partial charge in [0.1, 0.15) is 10.8 Å². The molecule has 0 aliphatic carbocycles. The van der Waals surface area contributed by atoms with Crippen molar-refractivity contribution >= 4 is 17.3 Å². The molecule has 80 valence electrons. The lowest BCUT2D eigenvalue weighted by molar-refractivity contribution is -0.384. The number of hydrogen-bond acceptors (Lipinski definition) is 5. The maximum Gasteiger partial charge on any atom is 0.297 e. The monoisotopic (exact) mass is 236 g/mol. The Labute approximate surface area is 95.1 Å². The van der Waals surface area contributed by atoms with Crippen LogP contribution in [0.5, 0.6) is 0 Å². The molecule has 0 aliphatic rings. The summed E-state index contributed by atoms with van der Waals surface area (Å²) >= 11 is 5.69. The molecule has 0 atom stereocenters. The zero-order chi connectivity index (χ0) is 11.5. The average molecular weight is 237 g/mol. The molecule has 0 bridgehead atoms. The van der Waals surface area contributed by atoms with E-state index in [1.807, 2.05) is 0 Å². The first kappa shape index (κ1) is 10.4. The summed E-state index contributed by atoms with van der Waals surface area (Å²) in [6.45, 7) is 0. The summed E-state index contributed by atoms with van der Waals surface area (Å²) in [7, 11) is 0. The molecule has 0 unspecified atom stereocenters. The molecule has 7 heteroatoms. The summed E-state index contributed by atoms with van der Waals surface area (Å²) in [5, 5.41) is 11.0. The highest BCUT2D eigenvalue weighted by Crippen LogP contribution is 2.27. The highest BCUT2D eigenvalue weighted by molar-refractivity contribution is 6.29. The lowest BCUT2D eigenvalue weighted by Gasteiger charge is -2.00. The standard InChI is InChI=1S/C9H5ClN4O2/c10-8-2-1-7(14(15)16)9(13-8)6-5-11-3-4-12-6/h1-5H. The van der Waals surface area contributed by atoms with Gasteiger partial charge in [0.05, 0.1) is 11.1 Å². The van der Waals surface area contributed by atoms with Crippen molar-refractivity contribution in [1.29, 1.82) is 0 Å². The van der Waals surface area contributed by atoms with Crippen LogP contribution in [-0.4, -0.2) is 19.9 Å². The van der Waals surface area contributed by atoms with Crippen molar-refractivity contribution in [1.82, 2.24) is 15.0 Å². The van der Waals surface area contributed by atoms with Gasteiger partial charge in [0.15, 0.2) is 5.69 Å². The molecule has 16 heavy (non-hydrogen) atoms. The van der Waals surface area contributed by atoms with Gasteiger partial charge in [-0.1, -0.05) is 11.6 Å². The van der Waals surface area contributed by atoms with Crippen molar-refractivity contribution in [2.75, 3.05) is 0 Å². The Hall–Kier alpha value is -2.08. The molecule has 2 rings (SSSR count). The van der Waals surface area contributed by atoms with Crippen LogP contribution in [0.4, 0.5) is 5.69 Å². The zero-order valence-electron chi connectivity index (χ0n) is 7.87. The third-order valence-electron chi connectivity index (χ3n) is 1.84. The van der Waals surface area contributed by atoms with Gasteiger partial charge in [0.2, 0.25) is 0 Å². The Morgan fingerprint density at radius 2 is 2.12 bits per heavy atom. The van der Waals surface area contributed by atoms with E-state index in [0.29, 0.717) is 5.69 Å². The maximum absolute atomic E-state index is 10.8. The second-order valence-corrected chi connectivity index (χ2v) is 3.24. The van der Waals surface area contributed by atoms with Gasteiger partial charge in [-0.25, -0.2) is 4.98 Å². The fourth-order valence-electron chi connectivity index (χ4n) is 1.19. The Morgan fingerprint density at radius 1 is 1.31 bits per heavy atom. The van der Waals surface area contributed by atoms with Gasteiger partial charge in [-0.05, 0) is 6.07 Å². The molecule has 0 saturated heterocycles. The van der Waals surface area contributed by atoms with E-state index in [4.69, 9.17) is 11.6 Å². The summed E-state index contributed by atoms with van der Waals surface area (Å²) in [5.74, 6) is 0. The van der Waals surface area contributed by atoms with E-state index in [0.717, 1.165) is 0 Å². The molecule has 0 aromatic carbocycles. The molecule has 0 aliphatic heterocycles. The van der Waals surface area contributed by atoms with E-state index in [9.17, 15) is 10.1 Å². The van der Waals surface area contributed by atoms with Gasteiger partial charge in [-0.2, -0.15) is 0 Å². The molecule has 2 aromatic heterocycles. The molecular weight excluding hydrogens is 232 g/mol. The first-order valence-corrected chi connectivity index (χ1v) is 4.63. The summed E-state index contributed by atoms with van der Waals surface area (Å²) in [5.41, 5.74) is 0.284. The fourth-order valence-corrected chi connectivity index (χ4v) is 1.33. The van der Waals surface area contributed by atoms with Gasteiger partial charge in [0.25, 0.3) is 5.69 Å². The number of pyridine rings is 1. The Balaban J connectivity index is 2.63. The number of rotatable bonds is 2. The minimum absolute atomic E-state index is 0.116. The summed E-state index contributed by atoms with van der Waals surface area (Å²) in [4.78, 5) is 21.9. The molecule has 0 fully saturated rings. The minimum Gasteiger partial charge on any atom is -0.261 e. The predicted molar refractivity (Wildman–Crippen MR) is 56.9 cm³/mol. The average Bonchev–Trinajstić information content (AvgIpc) is 2.29. The van der Waals surface area contributed by atoms with Crippen molar-refractivity contribution < 1.29 is 4.92 Å². The second-order valence-electron chi connectivity index (χ2n) is 2.85. The van der Waals surface area contributed by atoms with Gasteiger partial charge >= 0.3 is 0 Å². The maximum atomic E-state index is 10.8. The Bertz CT molecular complexity index is 532. The smallest absolute Gasteiger partial charge is 0.261 e. The minimum atomic E-state index is -0.534. The first-order chi connectivity index (χ1) is 7.68. The SMILES string of the molecule is O=[N+]([O-])c1ccc(Cl)nc1-c1cnccn1. The third-order valence-corrected chi connectivity index (χ3v) is 2.05. The lowest BCUT2D eigenvalue weighted by atomic mass is 10.2. The van der Waals surface area contributed by atoms with Gasteiger partial charge < -0.3 is 0 Å². The Kier molecular flexibility index (Phi) is 2.74. The summed E-state index contributed by atoms with van der Waals surface area (Å²) in [6, 6.07) is 2.65. The normalized spacial score (nSPS) is 10.1. The summed E-state index contributed by atoms with van der Waals surface area (Å²) in [6.07, 6.45) is 4.30. The van der Waals surface area contributed by atoms with E-state index >= 15 is 0 Å². The van der Waals surface area contributed by atoms with Crippen molar-refractivity contribution in [2.24, 2.45) is 0 Å². The van der Waals surface area contributed by atoms with Crippen molar-refractivity contribution in [3.05, 3.63) is 46.0 Å². The molecular formula is C9H5ClN4O2. The van der Waals surface area contributed by atoms with Crippen LogP contribution in [0, 0.1) is 10.1 Å². The largest absolute Gasteiger partial charge is 0.297 e. The quantitative estimate of drug-likeness (QED) is 0.453. The molecule has 0 saturated carbocycles. The highest BCUT2D eigenvalue weighted by atomic mass is 35.5.